The van der Waals surface area contributed by atoms with Crippen LogP contribution in [0.3, 0.4) is 0 Å². The highest BCUT2D eigenvalue weighted by Gasteiger charge is 2.36. The molecule has 0 amide bonds. The Morgan fingerprint density at radius 3 is 2.27 bits per heavy atom. The highest BCUT2D eigenvalue weighted by atomic mass is 28.4. The lowest BCUT2D eigenvalue weighted by atomic mass is 10.1. The third-order valence-corrected chi connectivity index (χ3v) is 8.79. The predicted molar refractivity (Wildman–Crippen MR) is 94.3 cm³/mol. The zero-order chi connectivity index (χ0) is 16.8. The summed E-state index contributed by atoms with van der Waals surface area (Å²) in [5.74, 6) is -0.341. The van der Waals surface area contributed by atoms with Crippen molar-refractivity contribution in [1.29, 1.82) is 0 Å². The zero-order valence-electron chi connectivity index (χ0n) is 14.6. The van der Waals surface area contributed by atoms with Gasteiger partial charge < -0.3 is 9.16 Å². The van der Waals surface area contributed by atoms with Crippen molar-refractivity contribution < 1.29 is 14.0 Å². The van der Waals surface area contributed by atoms with Crippen LogP contribution in [-0.4, -0.2) is 28.0 Å². The minimum absolute atomic E-state index is 0.246. The van der Waals surface area contributed by atoms with Crippen LogP contribution in [0.4, 0.5) is 0 Å². The fourth-order valence-corrected chi connectivity index (χ4v) is 2.71. The highest BCUT2D eigenvalue weighted by molar-refractivity contribution is 6.74. The number of ether oxygens (including phenoxy) is 1. The van der Waals surface area contributed by atoms with Crippen LogP contribution < -0.4 is 0 Å². The van der Waals surface area contributed by atoms with Crippen molar-refractivity contribution in [2.75, 3.05) is 13.7 Å². The molecule has 0 N–H and O–H groups in total. The number of esters is 1. The molecule has 0 unspecified atom stereocenters. The van der Waals surface area contributed by atoms with Gasteiger partial charge in [-0.3, -0.25) is 0 Å². The molecule has 122 valence electrons. The molecule has 0 aliphatic rings. The molecule has 0 aliphatic heterocycles. The number of rotatable bonds is 6. The lowest BCUT2D eigenvalue weighted by molar-refractivity contribution is -0.134. The first-order valence-electron chi connectivity index (χ1n) is 7.64. The molecule has 1 aromatic rings. The number of hydrogen-bond donors (Lipinski definition) is 0. The lowest BCUT2D eigenvalue weighted by Gasteiger charge is -2.36. The molecule has 0 aromatic heterocycles. The molecule has 0 spiro atoms. The van der Waals surface area contributed by atoms with E-state index in [1.165, 1.54) is 18.7 Å². The normalized spacial score (nSPS) is 12.6. The van der Waals surface area contributed by atoms with Crippen LogP contribution in [0.25, 0.3) is 6.08 Å². The molecule has 0 saturated carbocycles. The molecule has 3 nitrogen and oxygen atoms in total. The first kappa shape index (κ1) is 18.7. The van der Waals surface area contributed by atoms with Crippen LogP contribution in [0.1, 0.15) is 31.9 Å². The molecule has 0 bridgehead atoms. The third kappa shape index (κ3) is 5.77. The highest BCUT2D eigenvalue weighted by Crippen LogP contribution is 2.36. The summed E-state index contributed by atoms with van der Waals surface area (Å²) >= 11 is 0. The second-order valence-electron chi connectivity index (χ2n) is 6.96. The van der Waals surface area contributed by atoms with Crippen molar-refractivity contribution in [3.05, 3.63) is 41.5 Å². The summed E-state index contributed by atoms with van der Waals surface area (Å²) in [7, 11) is -0.289. The van der Waals surface area contributed by atoms with Gasteiger partial charge in [0.1, 0.15) is 0 Å². The van der Waals surface area contributed by atoms with Gasteiger partial charge in [-0.15, -0.1) is 0 Å². The molecule has 0 fully saturated rings. The average molecular weight is 321 g/mol. The van der Waals surface area contributed by atoms with Crippen molar-refractivity contribution in [1.82, 2.24) is 0 Å². The maximum atomic E-state index is 11.0. The van der Waals surface area contributed by atoms with Crippen molar-refractivity contribution >= 4 is 20.4 Å². The third-order valence-electron chi connectivity index (χ3n) is 4.25. The van der Waals surface area contributed by atoms with Gasteiger partial charge in [-0.25, -0.2) is 4.79 Å². The lowest BCUT2D eigenvalue weighted by Crippen LogP contribution is -2.41. The number of hydrogen-bond acceptors (Lipinski definition) is 3. The average Bonchev–Trinajstić information content (AvgIpc) is 2.44. The van der Waals surface area contributed by atoms with Crippen molar-refractivity contribution in [3.63, 3.8) is 0 Å². The number of carbonyl (C=O) groups excluding carboxylic acids is 1. The predicted octanol–water partition coefficient (Wildman–Crippen LogP) is 4.44. The Morgan fingerprint density at radius 1 is 1.18 bits per heavy atom. The molecule has 1 rings (SSSR count). The van der Waals surface area contributed by atoms with E-state index >= 15 is 0 Å². The maximum absolute atomic E-state index is 11.0. The Labute approximate surface area is 135 Å². The van der Waals surface area contributed by atoms with Gasteiger partial charge >= 0.3 is 5.97 Å². The maximum Gasteiger partial charge on any atom is 0.330 e. The number of carbonyl (C=O) groups is 1. The fraction of sp³-hybridized carbons (Fsp3) is 0.500. The molecule has 4 heteroatoms. The molecular formula is C18H28O3Si. The molecule has 1 aromatic carbocycles. The smallest absolute Gasteiger partial charge is 0.330 e. The monoisotopic (exact) mass is 320 g/mol. The largest absolute Gasteiger partial charge is 0.466 e. The van der Waals surface area contributed by atoms with Gasteiger partial charge in [-0.2, -0.15) is 0 Å². The topological polar surface area (TPSA) is 35.5 Å². The standard InChI is InChI=1S/C18H28O3Si/c1-18(2,3)22(5,6)21-14-13-16-9-7-15(8-10-16)11-12-17(19)20-4/h7-12H,13-14H2,1-6H3. The van der Waals surface area contributed by atoms with Gasteiger partial charge in [-0.1, -0.05) is 45.0 Å². The van der Waals surface area contributed by atoms with Crippen LogP contribution >= 0.6 is 0 Å². The zero-order valence-corrected chi connectivity index (χ0v) is 15.6. The summed E-state index contributed by atoms with van der Waals surface area (Å²) in [4.78, 5) is 11.0. The van der Waals surface area contributed by atoms with Crippen LogP contribution in [0.5, 0.6) is 0 Å². The summed E-state index contributed by atoms with van der Waals surface area (Å²) in [6.45, 7) is 12.1. The van der Waals surface area contributed by atoms with E-state index in [1.807, 2.05) is 12.1 Å². The summed E-state index contributed by atoms with van der Waals surface area (Å²) < 4.78 is 10.8. The summed E-state index contributed by atoms with van der Waals surface area (Å²) in [5, 5.41) is 0.246. The second kappa shape index (κ2) is 7.74. The summed E-state index contributed by atoms with van der Waals surface area (Å²) in [6.07, 6.45) is 4.09. The van der Waals surface area contributed by atoms with Gasteiger partial charge in [0, 0.05) is 12.7 Å². The molecule has 0 saturated heterocycles. The summed E-state index contributed by atoms with van der Waals surface area (Å²) in [6, 6.07) is 8.15. The first-order chi connectivity index (χ1) is 10.2. The van der Waals surface area contributed by atoms with Crippen molar-refractivity contribution in [2.45, 2.75) is 45.3 Å². The Bertz CT molecular complexity index is 510. The van der Waals surface area contributed by atoms with E-state index < -0.39 is 8.32 Å². The van der Waals surface area contributed by atoms with Crippen LogP contribution in [0, 0.1) is 0 Å². The van der Waals surface area contributed by atoms with Gasteiger partial charge in [0.15, 0.2) is 8.32 Å². The van der Waals surface area contributed by atoms with E-state index in [0.29, 0.717) is 0 Å². The molecule has 0 aliphatic carbocycles. The van der Waals surface area contributed by atoms with E-state index in [9.17, 15) is 4.79 Å². The Morgan fingerprint density at radius 2 is 1.77 bits per heavy atom. The minimum Gasteiger partial charge on any atom is -0.466 e. The second-order valence-corrected chi connectivity index (χ2v) is 11.8. The van der Waals surface area contributed by atoms with Crippen LogP contribution in [0.15, 0.2) is 30.3 Å². The Balaban J connectivity index is 2.52. The van der Waals surface area contributed by atoms with Gasteiger partial charge in [-0.05, 0) is 41.8 Å². The van der Waals surface area contributed by atoms with E-state index in [-0.39, 0.29) is 11.0 Å². The van der Waals surface area contributed by atoms with Crippen molar-refractivity contribution in [3.8, 4) is 0 Å². The fourth-order valence-electron chi connectivity index (χ4n) is 1.67. The quantitative estimate of drug-likeness (QED) is 0.442. The number of benzene rings is 1. The minimum atomic E-state index is -1.66. The van der Waals surface area contributed by atoms with Gasteiger partial charge in [0.25, 0.3) is 0 Å². The summed E-state index contributed by atoms with van der Waals surface area (Å²) in [5.41, 5.74) is 2.23. The molecule has 0 radical (unpaired) electrons. The van der Waals surface area contributed by atoms with E-state index in [4.69, 9.17) is 4.43 Å². The van der Waals surface area contributed by atoms with E-state index in [0.717, 1.165) is 18.6 Å². The van der Waals surface area contributed by atoms with Crippen molar-refractivity contribution in [2.24, 2.45) is 0 Å². The molecule has 0 heterocycles. The number of methoxy groups -OCH3 is 1. The van der Waals surface area contributed by atoms with Gasteiger partial charge in [0.2, 0.25) is 0 Å². The van der Waals surface area contributed by atoms with E-state index in [2.05, 4.69) is 50.7 Å². The first-order valence-corrected chi connectivity index (χ1v) is 10.6. The Kier molecular flexibility index (Phi) is 6.57. The molecular weight excluding hydrogens is 292 g/mol. The molecule has 22 heavy (non-hydrogen) atoms. The molecule has 0 atom stereocenters. The van der Waals surface area contributed by atoms with Crippen LogP contribution in [-0.2, 0) is 20.4 Å². The van der Waals surface area contributed by atoms with Crippen LogP contribution in [0.2, 0.25) is 18.1 Å². The van der Waals surface area contributed by atoms with Gasteiger partial charge in [0.05, 0.1) is 7.11 Å². The SMILES string of the molecule is COC(=O)C=Cc1ccc(CCO[Si](C)(C)C(C)(C)C)cc1. The van der Waals surface area contributed by atoms with E-state index in [1.54, 1.807) is 6.08 Å². The Hall–Kier alpha value is -1.39.